The smallest absolute Gasteiger partial charge is 0.206 e. The molecular weight excluding hydrogens is 214 g/mol. The fourth-order valence-electron chi connectivity index (χ4n) is 1.03. The van der Waals surface area contributed by atoms with E-state index in [0.717, 1.165) is 23.1 Å². The zero-order valence-corrected chi connectivity index (χ0v) is 9.49. The molecular formula is C9H11N3S2. The van der Waals surface area contributed by atoms with Crippen LogP contribution in [0, 0.1) is 0 Å². The Labute approximate surface area is 90.8 Å². The molecule has 0 aliphatic rings. The SMILES string of the molecule is CCCNc1nnc(-c2cccs2)s1. The number of anilines is 1. The fourth-order valence-corrected chi connectivity index (χ4v) is 2.59. The van der Waals surface area contributed by atoms with E-state index in [0.29, 0.717) is 0 Å². The van der Waals surface area contributed by atoms with E-state index in [1.54, 1.807) is 22.7 Å². The molecule has 5 heteroatoms. The minimum atomic E-state index is 0.912. The predicted octanol–water partition coefficient (Wildman–Crippen LogP) is 3.09. The van der Waals surface area contributed by atoms with E-state index in [1.807, 2.05) is 6.07 Å². The Hall–Kier alpha value is -0.940. The highest BCUT2D eigenvalue weighted by molar-refractivity contribution is 7.22. The Morgan fingerprint density at radius 1 is 1.43 bits per heavy atom. The normalized spacial score (nSPS) is 10.4. The maximum atomic E-state index is 4.13. The van der Waals surface area contributed by atoms with Gasteiger partial charge in [-0.05, 0) is 17.9 Å². The van der Waals surface area contributed by atoms with Gasteiger partial charge in [0.15, 0.2) is 5.01 Å². The topological polar surface area (TPSA) is 37.8 Å². The number of thiophene rings is 1. The lowest BCUT2D eigenvalue weighted by Gasteiger charge is -1.95. The van der Waals surface area contributed by atoms with Crippen molar-refractivity contribution in [3.05, 3.63) is 17.5 Å². The van der Waals surface area contributed by atoms with Crippen molar-refractivity contribution in [2.75, 3.05) is 11.9 Å². The van der Waals surface area contributed by atoms with Gasteiger partial charge in [0, 0.05) is 6.54 Å². The number of hydrogen-bond acceptors (Lipinski definition) is 5. The van der Waals surface area contributed by atoms with Gasteiger partial charge in [0.25, 0.3) is 0 Å². The van der Waals surface area contributed by atoms with Crippen molar-refractivity contribution in [2.45, 2.75) is 13.3 Å². The first-order valence-electron chi connectivity index (χ1n) is 4.51. The first-order chi connectivity index (χ1) is 6.90. The van der Waals surface area contributed by atoms with E-state index < -0.39 is 0 Å². The van der Waals surface area contributed by atoms with Gasteiger partial charge in [0.1, 0.15) is 0 Å². The van der Waals surface area contributed by atoms with Crippen molar-refractivity contribution in [1.29, 1.82) is 0 Å². The van der Waals surface area contributed by atoms with E-state index in [9.17, 15) is 0 Å². The molecule has 0 atom stereocenters. The van der Waals surface area contributed by atoms with Crippen LogP contribution in [0.2, 0.25) is 0 Å². The molecule has 0 saturated carbocycles. The molecule has 3 nitrogen and oxygen atoms in total. The summed E-state index contributed by atoms with van der Waals surface area (Å²) in [7, 11) is 0. The van der Waals surface area contributed by atoms with Crippen LogP contribution in [0.5, 0.6) is 0 Å². The van der Waals surface area contributed by atoms with Gasteiger partial charge in [-0.1, -0.05) is 24.3 Å². The van der Waals surface area contributed by atoms with E-state index in [1.165, 1.54) is 4.88 Å². The van der Waals surface area contributed by atoms with E-state index >= 15 is 0 Å². The van der Waals surface area contributed by atoms with Crippen LogP contribution in [0.25, 0.3) is 9.88 Å². The molecule has 0 spiro atoms. The summed E-state index contributed by atoms with van der Waals surface area (Å²) >= 11 is 3.30. The third-order valence-corrected chi connectivity index (χ3v) is 3.60. The van der Waals surface area contributed by atoms with E-state index in [4.69, 9.17) is 0 Å². The molecule has 0 aliphatic heterocycles. The molecule has 0 radical (unpaired) electrons. The van der Waals surface area contributed by atoms with E-state index in [-0.39, 0.29) is 0 Å². The number of nitrogens with one attached hydrogen (secondary N) is 1. The highest BCUT2D eigenvalue weighted by Gasteiger charge is 2.05. The maximum Gasteiger partial charge on any atom is 0.206 e. The highest BCUT2D eigenvalue weighted by Crippen LogP contribution is 2.29. The molecule has 0 bridgehead atoms. The first kappa shape index (κ1) is 9.61. The Morgan fingerprint density at radius 2 is 2.36 bits per heavy atom. The minimum absolute atomic E-state index is 0.912. The lowest BCUT2D eigenvalue weighted by atomic mass is 10.5. The zero-order valence-electron chi connectivity index (χ0n) is 7.86. The maximum absolute atomic E-state index is 4.13. The molecule has 1 N–H and O–H groups in total. The van der Waals surface area contributed by atoms with E-state index in [2.05, 4.69) is 33.9 Å². The largest absolute Gasteiger partial charge is 0.360 e. The third-order valence-electron chi connectivity index (χ3n) is 1.68. The molecule has 74 valence electrons. The van der Waals surface area contributed by atoms with Crippen LogP contribution in [-0.2, 0) is 0 Å². The Balaban J connectivity index is 2.10. The van der Waals surface area contributed by atoms with Gasteiger partial charge in [-0.2, -0.15) is 0 Å². The van der Waals surface area contributed by atoms with Crippen LogP contribution < -0.4 is 5.32 Å². The van der Waals surface area contributed by atoms with Crippen molar-refractivity contribution in [1.82, 2.24) is 10.2 Å². The third kappa shape index (κ3) is 2.10. The molecule has 0 saturated heterocycles. The fraction of sp³-hybridized carbons (Fsp3) is 0.333. The van der Waals surface area contributed by atoms with Crippen molar-refractivity contribution in [3.8, 4) is 9.88 Å². The Kier molecular flexibility index (Phi) is 3.10. The second kappa shape index (κ2) is 4.52. The zero-order chi connectivity index (χ0) is 9.80. The average molecular weight is 225 g/mol. The Morgan fingerprint density at radius 3 is 3.07 bits per heavy atom. The summed E-state index contributed by atoms with van der Waals surface area (Å²) in [6.45, 7) is 3.09. The van der Waals surface area contributed by atoms with Gasteiger partial charge in [-0.3, -0.25) is 0 Å². The second-order valence-corrected chi connectivity index (χ2v) is 4.74. The molecule has 0 fully saturated rings. The van der Waals surface area contributed by atoms with Crippen LogP contribution in [0.15, 0.2) is 17.5 Å². The van der Waals surface area contributed by atoms with Crippen LogP contribution in [0.1, 0.15) is 13.3 Å². The molecule has 0 amide bonds. The summed E-state index contributed by atoms with van der Waals surface area (Å²) in [5.74, 6) is 0. The van der Waals surface area contributed by atoms with Crippen molar-refractivity contribution in [3.63, 3.8) is 0 Å². The van der Waals surface area contributed by atoms with Gasteiger partial charge in [-0.15, -0.1) is 21.5 Å². The molecule has 0 aliphatic carbocycles. The van der Waals surface area contributed by atoms with Crippen LogP contribution >= 0.6 is 22.7 Å². The number of rotatable bonds is 4. The lowest BCUT2D eigenvalue weighted by Crippen LogP contribution is -1.98. The van der Waals surface area contributed by atoms with Crippen molar-refractivity contribution >= 4 is 27.8 Å². The molecule has 0 aromatic carbocycles. The quantitative estimate of drug-likeness (QED) is 0.869. The van der Waals surface area contributed by atoms with Crippen LogP contribution in [-0.4, -0.2) is 16.7 Å². The molecule has 2 heterocycles. The van der Waals surface area contributed by atoms with Gasteiger partial charge in [0.2, 0.25) is 5.13 Å². The van der Waals surface area contributed by atoms with Crippen LogP contribution in [0.4, 0.5) is 5.13 Å². The summed E-state index contributed by atoms with van der Waals surface area (Å²) in [4.78, 5) is 1.19. The summed E-state index contributed by atoms with van der Waals surface area (Å²) in [6, 6.07) is 4.09. The predicted molar refractivity (Wildman–Crippen MR) is 62.0 cm³/mol. The van der Waals surface area contributed by atoms with Crippen molar-refractivity contribution in [2.24, 2.45) is 0 Å². The van der Waals surface area contributed by atoms with Crippen LogP contribution in [0.3, 0.4) is 0 Å². The number of hydrogen-bond donors (Lipinski definition) is 1. The molecule has 0 unspecified atom stereocenters. The average Bonchev–Trinajstić information content (AvgIpc) is 2.85. The molecule has 2 aromatic rings. The first-order valence-corrected chi connectivity index (χ1v) is 6.21. The summed E-state index contributed by atoms with van der Waals surface area (Å²) in [5.41, 5.74) is 0. The standard InChI is InChI=1S/C9H11N3S2/c1-2-5-10-9-12-11-8(14-9)7-4-3-6-13-7/h3-4,6H,2,5H2,1H3,(H,10,12). The summed E-state index contributed by atoms with van der Waals surface area (Å²) < 4.78 is 0. The second-order valence-electron chi connectivity index (χ2n) is 2.82. The number of nitrogens with zero attached hydrogens (tertiary/aromatic N) is 2. The van der Waals surface area contributed by atoms with Gasteiger partial charge in [0.05, 0.1) is 4.88 Å². The van der Waals surface area contributed by atoms with Gasteiger partial charge < -0.3 is 5.32 Å². The van der Waals surface area contributed by atoms with Gasteiger partial charge in [-0.25, -0.2) is 0 Å². The summed E-state index contributed by atoms with van der Waals surface area (Å²) in [6.07, 6.45) is 1.11. The molecule has 2 aromatic heterocycles. The number of aromatic nitrogens is 2. The molecule has 2 rings (SSSR count). The molecule has 14 heavy (non-hydrogen) atoms. The van der Waals surface area contributed by atoms with Crippen molar-refractivity contribution < 1.29 is 0 Å². The summed E-state index contributed by atoms with van der Waals surface area (Å²) in [5, 5.41) is 15.4. The Bertz CT molecular complexity index is 380. The minimum Gasteiger partial charge on any atom is -0.360 e. The monoisotopic (exact) mass is 225 g/mol. The highest BCUT2D eigenvalue weighted by atomic mass is 32.1. The van der Waals surface area contributed by atoms with Gasteiger partial charge >= 0.3 is 0 Å². The lowest BCUT2D eigenvalue weighted by molar-refractivity contribution is 0.964.